The minimum atomic E-state index is -0.295. The summed E-state index contributed by atoms with van der Waals surface area (Å²) in [5.41, 5.74) is 0.840. The highest BCUT2D eigenvalue weighted by molar-refractivity contribution is 7.15. The summed E-state index contributed by atoms with van der Waals surface area (Å²) < 4.78 is 13.4. The fraction of sp³-hybridized carbons (Fsp3) is 0.333. The van der Waals surface area contributed by atoms with Crippen molar-refractivity contribution in [3.8, 4) is 10.4 Å². The van der Waals surface area contributed by atoms with Gasteiger partial charge in [0.05, 0.1) is 0 Å². The van der Waals surface area contributed by atoms with Crippen LogP contribution in [0.2, 0.25) is 5.02 Å². The van der Waals surface area contributed by atoms with Crippen LogP contribution in [0.1, 0.15) is 31.2 Å². The molecule has 102 valence electrons. The maximum atomic E-state index is 13.4. The molecule has 1 N–H and O–H groups in total. The molecule has 0 aliphatic carbocycles. The molecule has 2 rings (SSSR count). The standard InChI is InChI=1S/C15H17ClFNS/c1-3-13(18-4-2)15-6-5-14(19-15)10-7-11(16)9-12(17)8-10/h5-9,13,18H,3-4H2,1-2H3. The van der Waals surface area contributed by atoms with Crippen molar-refractivity contribution in [2.75, 3.05) is 6.54 Å². The second-order valence-corrected chi connectivity index (χ2v) is 5.93. The Kier molecular flexibility index (Phi) is 4.97. The second-order valence-electron chi connectivity index (χ2n) is 4.38. The van der Waals surface area contributed by atoms with Gasteiger partial charge in [0.2, 0.25) is 0 Å². The first-order valence-electron chi connectivity index (χ1n) is 6.43. The number of rotatable bonds is 5. The Hall–Kier alpha value is -0.900. The topological polar surface area (TPSA) is 12.0 Å². The molecule has 0 radical (unpaired) electrons. The molecule has 0 aliphatic rings. The van der Waals surface area contributed by atoms with Gasteiger partial charge in [-0.1, -0.05) is 25.4 Å². The molecule has 1 heterocycles. The van der Waals surface area contributed by atoms with E-state index in [2.05, 4.69) is 25.2 Å². The number of hydrogen-bond acceptors (Lipinski definition) is 2. The third-order valence-corrected chi connectivity index (χ3v) is 4.44. The third kappa shape index (κ3) is 3.56. The fourth-order valence-corrected chi connectivity index (χ4v) is 3.46. The quantitative estimate of drug-likeness (QED) is 0.793. The van der Waals surface area contributed by atoms with Crippen molar-refractivity contribution in [3.63, 3.8) is 0 Å². The van der Waals surface area contributed by atoms with Gasteiger partial charge in [0.25, 0.3) is 0 Å². The van der Waals surface area contributed by atoms with Crippen LogP contribution in [-0.4, -0.2) is 6.54 Å². The molecule has 0 aliphatic heterocycles. The number of benzene rings is 1. The van der Waals surface area contributed by atoms with Crippen LogP contribution >= 0.6 is 22.9 Å². The zero-order chi connectivity index (χ0) is 13.8. The highest BCUT2D eigenvalue weighted by atomic mass is 35.5. The van der Waals surface area contributed by atoms with Gasteiger partial charge in [-0.15, -0.1) is 11.3 Å². The Morgan fingerprint density at radius 2 is 2.05 bits per heavy atom. The Balaban J connectivity index is 2.29. The molecule has 1 aromatic heterocycles. The summed E-state index contributed by atoms with van der Waals surface area (Å²) in [5, 5.41) is 3.88. The average Bonchev–Trinajstić information content (AvgIpc) is 2.84. The van der Waals surface area contributed by atoms with Crippen molar-refractivity contribution < 1.29 is 4.39 Å². The van der Waals surface area contributed by atoms with Crippen LogP contribution in [0.4, 0.5) is 4.39 Å². The van der Waals surface area contributed by atoms with Crippen molar-refractivity contribution in [2.45, 2.75) is 26.3 Å². The number of halogens is 2. The van der Waals surface area contributed by atoms with Crippen LogP contribution < -0.4 is 5.32 Å². The molecule has 1 atom stereocenters. The van der Waals surface area contributed by atoms with Gasteiger partial charge in [0, 0.05) is 20.8 Å². The van der Waals surface area contributed by atoms with Crippen LogP contribution in [0.25, 0.3) is 10.4 Å². The van der Waals surface area contributed by atoms with Gasteiger partial charge in [0.1, 0.15) is 5.82 Å². The summed E-state index contributed by atoms with van der Waals surface area (Å²) >= 11 is 7.59. The molecule has 1 unspecified atom stereocenters. The second kappa shape index (κ2) is 6.51. The minimum Gasteiger partial charge on any atom is -0.310 e. The molecule has 0 amide bonds. The molecule has 19 heavy (non-hydrogen) atoms. The molecule has 0 fully saturated rings. The summed E-state index contributed by atoms with van der Waals surface area (Å²) in [4.78, 5) is 2.33. The van der Waals surface area contributed by atoms with Crippen LogP contribution in [0, 0.1) is 5.82 Å². The predicted octanol–water partition coefficient (Wildman–Crippen LogP) is 5.27. The van der Waals surface area contributed by atoms with Crippen molar-refractivity contribution in [1.82, 2.24) is 5.32 Å². The summed E-state index contributed by atoms with van der Waals surface area (Å²) in [6.45, 7) is 5.20. The van der Waals surface area contributed by atoms with Gasteiger partial charge in [-0.3, -0.25) is 0 Å². The van der Waals surface area contributed by atoms with E-state index in [4.69, 9.17) is 11.6 Å². The maximum Gasteiger partial charge on any atom is 0.125 e. The van der Waals surface area contributed by atoms with E-state index in [-0.39, 0.29) is 5.82 Å². The van der Waals surface area contributed by atoms with E-state index in [9.17, 15) is 4.39 Å². The van der Waals surface area contributed by atoms with Gasteiger partial charge in [-0.05, 0) is 48.9 Å². The molecule has 1 aromatic carbocycles. The molecule has 0 saturated heterocycles. The zero-order valence-electron chi connectivity index (χ0n) is 11.0. The van der Waals surface area contributed by atoms with E-state index < -0.39 is 0 Å². The molecule has 0 saturated carbocycles. The molecule has 2 aromatic rings. The summed E-state index contributed by atoms with van der Waals surface area (Å²) in [6.07, 6.45) is 1.04. The van der Waals surface area contributed by atoms with Crippen molar-refractivity contribution in [1.29, 1.82) is 0 Å². The first kappa shape index (κ1) is 14.5. The van der Waals surface area contributed by atoms with E-state index >= 15 is 0 Å². The lowest BCUT2D eigenvalue weighted by molar-refractivity contribution is 0.545. The molecule has 0 spiro atoms. The Labute approximate surface area is 122 Å². The fourth-order valence-electron chi connectivity index (χ4n) is 2.08. The van der Waals surface area contributed by atoms with Crippen molar-refractivity contribution in [2.24, 2.45) is 0 Å². The smallest absolute Gasteiger partial charge is 0.125 e. The molecule has 0 bridgehead atoms. The highest BCUT2D eigenvalue weighted by Gasteiger charge is 2.12. The lowest BCUT2D eigenvalue weighted by Gasteiger charge is -2.13. The van der Waals surface area contributed by atoms with Crippen LogP contribution in [0.5, 0.6) is 0 Å². The molecular weight excluding hydrogens is 281 g/mol. The molecule has 4 heteroatoms. The van der Waals surface area contributed by atoms with E-state index in [1.807, 2.05) is 6.07 Å². The van der Waals surface area contributed by atoms with Crippen molar-refractivity contribution >= 4 is 22.9 Å². The molecular formula is C15H17ClFNS. The lowest BCUT2D eigenvalue weighted by atomic mass is 10.1. The van der Waals surface area contributed by atoms with Crippen molar-refractivity contribution in [3.05, 3.63) is 46.0 Å². The lowest BCUT2D eigenvalue weighted by Crippen LogP contribution is -2.18. The summed E-state index contributed by atoms with van der Waals surface area (Å²) in [6, 6.07) is 9.16. The zero-order valence-corrected chi connectivity index (χ0v) is 12.6. The van der Waals surface area contributed by atoms with E-state index in [0.29, 0.717) is 11.1 Å². The highest BCUT2D eigenvalue weighted by Crippen LogP contribution is 2.34. The first-order valence-corrected chi connectivity index (χ1v) is 7.63. The van der Waals surface area contributed by atoms with Crippen LogP contribution in [-0.2, 0) is 0 Å². The number of hydrogen-bond donors (Lipinski definition) is 1. The normalized spacial score (nSPS) is 12.6. The van der Waals surface area contributed by atoms with E-state index in [1.54, 1.807) is 17.4 Å². The van der Waals surface area contributed by atoms with Gasteiger partial charge in [-0.25, -0.2) is 4.39 Å². The molecule has 1 nitrogen and oxygen atoms in total. The monoisotopic (exact) mass is 297 g/mol. The van der Waals surface area contributed by atoms with E-state index in [1.165, 1.54) is 17.0 Å². The average molecular weight is 298 g/mol. The van der Waals surface area contributed by atoms with Gasteiger partial charge in [0.15, 0.2) is 0 Å². The van der Waals surface area contributed by atoms with E-state index in [0.717, 1.165) is 23.4 Å². The van der Waals surface area contributed by atoms with Gasteiger partial charge in [-0.2, -0.15) is 0 Å². The SMILES string of the molecule is CCNC(CC)c1ccc(-c2cc(F)cc(Cl)c2)s1. The summed E-state index contributed by atoms with van der Waals surface area (Å²) in [7, 11) is 0. The minimum absolute atomic E-state index is 0.295. The van der Waals surface area contributed by atoms with Gasteiger partial charge >= 0.3 is 0 Å². The predicted molar refractivity (Wildman–Crippen MR) is 81.4 cm³/mol. The number of nitrogens with one attached hydrogen (secondary N) is 1. The number of thiophene rings is 1. The van der Waals surface area contributed by atoms with Crippen LogP contribution in [0.15, 0.2) is 30.3 Å². The van der Waals surface area contributed by atoms with Crippen LogP contribution in [0.3, 0.4) is 0 Å². The van der Waals surface area contributed by atoms with Gasteiger partial charge < -0.3 is 5.32 Å². The summed E-state index contributed by atoms with van der Waals surface area (Å²) in [5.74, 6) is -0.295. The third-order valence-electron chi connectivity index (χ3n) is 2.98. The maximum absolute atomic E-state index is 13.4. The Morgan fingerprint density at radius 1 is 1.26 bits per heavy atom. The Morgan fingerprint density at radius 3 is 2.68 bits per heavy atom. The largest absolute Gasteiger partial charge is 0.310 e. The Bertz CT molecular complexity index is 533. The first-order chi connectivity index (χ1) is 9.13.